The molecule has 4 nitrogen and oxygen atoms in total. The van der Waals surface area contributed by atoms with Gasteiger partial charge in [-0.1, -0.05) is 25.5 Å². The summed E-state index contributed by atoms with van der Waals surface area (Å²) in [6.07, 6.45) is 2.12. The van der Waals surface area contributed by atoms with Crippen molar-refractivity contribution >= 4 is 5.97 Å². The fourth-order valence-corrected chi connectivity index (χ4v) is 3.40. The van der Waals surface area contributed by atoms with E-state index in [0.29, 0.717) is 23.5 Å². The summed E-state index contributed by atoms with van der Waals surface area (Å²) >= 11 is 0. The first-order valence-electron chi connectivity index (χ1n) is 8.14. The molecular formula is C19H23FO4. The Hall–Kier alpha value is -1.88. The predicted octanol–water partition coefficient (Wildman–Crippen LogP) is 3.97. The number of carbonyl (C=O) groups excluding carboxylic acids is 1. The van der Waals surface area contributed by atoms with Crippen molar-refractivity contribution in [3.05, 3.63) is 40.7 Å². The van der Waals surface area contributed by atoms with Crippen LogP contribution in [0.4, 0.5) is 4.39 Å². The molecule has 1 aliphatic carbocycles. The lowest BCUT2D eigenvalue weighted by atomic mass is 10.1. The number of benzene rings is 1. The highest BCUT2D eigenvalue weighted by Crippen LogP contribution is 2.59. The van der Waals surface area contributed by atoms with Crippen molar-refractivity contribution < 1.29 is 23.4 Å². The Balaban J connectivity index is 1.70. The molecule has 24 heavy (non-hydrogen) atoms. The molecule has 1 aromatic rings. The van der Waals surface area contributed by atoms with E-state index in [-0.39, 0.29) is 42.4 Å². The number of allylic oxidation sites excluding steroid dienone is 2. The molecular weight excluding hydrogens is 311 g/mol. The molecule has 2 aliphatic rings. The highest BCUT2D eigenvalue weighted by molar-refractivity contribution is 5.78. The number of ether oxygens (including phenoxy) is 3. The van der Waals surface area contributed by atoms with Gasteiger partial charge in [-0.2, -0.15) is 0 Å². The van der Waals surface area contributed by atoms with E-state index < -0.39 is 0 Å². The second-order valence-corrected chi connectivity index (χ2v) is 7.34. The Morgan fingerprint density at radius 2 is 2.17 bits per heavy atom. The van der Waals surface area contributed by atoms with Gasteiger partial charge in [0, 0.05) is 11.1 Å². The minimum atomic E-state index is -0.386. The number of fused-ring (bicyclic) bond motifs is 1. The van der Waals surface area contributed by atoms with E-state index in [1.54, 1.807) is 0 Å². The largest absolute Gasteiger partial charge is 0.467 e. The van der Waals surface area contributed by atoms with Crippen LogP contribution >= 0.6 is 0 Å². The van der Waals surface area contributed by atoms with Crippen LogP contribution < -0.4 is 4.74 Å². The van der Waals surface area contributed by atoms with Crippen LogP contribution in [0.2, 0.25) is 0 Å². The molecule has 1 saturated carbocycles. The average molecular weight is 334 g/mol. The molecule has 0 radical (unpaired) electrons. The lowest BCUT2D eigenvalue weighted by Gasteiger charge is -2.20. The molecule has 0 unspecified atom stereocenters. The van der Waals surface area contributed by atoms with Crippen molar-refractivity contribution in [1.29, 1.82) is 0 Å². The zero-order valence-corrected chi connectivity index (χ0v) is 14.5. The van der Waals surface area contributed by atoms with Gasteiger partial charge in [-0.15, -0.1) is 0 Å². The third-order valence-corrected chi connectivity index (χ3v) is 4.80. The normalized spacial score (nSPS) is 23.7. The minimum absolute atomic E-state index is 0.00699. The van der Waals surface area contributed by atoms with Gasteiger partial charge in [0.1, 0.15) is 18.2 Å². The third kappa shape index (κ3) is 3.18. The zero-order chi connectivity index (χ0) is 17.5. The number of hydrogen-bond donors (Lipinski definition) is 0. The van der Waals surface area contributed by atoms with Crippen molar-refractivity contribution in [2.75, 3.05) is 6.79 Å². The van der Waals surface area contributed by atoms with Gasteiger partial charge in [-0.3, -0.25) is 4.79 Å². The molecule has 2 atom stereocenters. The fraction of sp³-hybridized carbons (Fsp3) is 0.526. The van der Waals surface area contributed by atoms with E-state index in [9.17, 15) is 9.18 Å². The van der Waals surface area contributed by atoms with Crippen LogP contribution in [-0.2, 0) is 27.5 Å². The first kappa shape index (κ1) is 17.0. The molecule has 0 aromatic heterocycles. The summed E-state index contributed by atoms with van der Waals surface area (Å²) in [5, 5.41) is 0. The predicted molar refractivity (Wildman–Crippen MR) is 86.7 cm³/mol. The molecule has 3 rings (SSSR count). The fourth-order valence-electron chi connectivity index (χ4n) is 3.40. The molecule has 0 amide bonds. The lowest BCUT2D eigenvalue weighted by Crippen LogP contribution is -2.16. The van der Waals surface area contributed by atoms with Crippen LogP contribution in [0.25, 0.3) is 0 Å². The van der Waals surface area contributed by atoms with Crippen molar-refractivity contribution in [1.82, 2.24) is 0 Å². The van der Waals surface area contributed by atoms with Gasteiger partial charge < -0.3 is 14.2 Å². The summed E-state index contributed by atoms with van der Waals surface area (Å²) in [4.78, 5) is 12.4. The molecule has 1 aromatic carbocycles. The van der Waals surface area contributed by atoms with Crippen molar-refractivity contribution in [3.63, 3.8) is 0 Å². The molecule has 0 N–H and O–H groups in total. The Morgan fingerprint density at radius 3 is 2.88 bits per heavy atom. The Kier molecular flexibility index (Phi) is 4.38. The third-order valence-electron chi connectivity index (χ3n) is 4.80. The number of esters is 1. The van der Waals surface area contributed by atoms with Crippen molar-refractivity contribution in [3.8, 4) is 5.75 Å². The monoisotopic (exact) mass is 334 g/mol. The molecule has 1 aliphatic heterocycles. The Labute approximate surface area is 141 Å². The van der Waals surface area contributed by atoms with E-state index in [1.807, 2.05) is 13.8 Å². The SMILES string of the molecule is CC(C)=C[C@H]1[C@H](C(=O)OCc2cc(F)cc3c2OCOC3)C1(C)C. The highest BCUT2D eigenvalue weighted by Gasteiger charge is 2.61. The van der Waals surface area contributed by atoms with Gasteiger partial charge in [0.05, 0.1) is 12.5 Å². The Bertz CT molecular complexity index is 689. The number of rotatable bonds is 4. The van der Waals surface area contributed by atoms with Gasteiger partial charge >= 0.3 is 5.97 Å². The summed E-state index contributed by atoms with van der Waals surface area (Å²) in [6, 6.07) is 2.73. The van der Waals surface area contributed by atoms with Crippen LogP contribution in [-0.4, -0.2) is 12.8 Å². The number of carbonyl (C=O) groups is 1. The molecule has 0 spiro atoms. The summed E-state index contributed by atoms with van der Waals surface area (Å²) in [7, 11) is 0. The lowest BCUT2D eigenvalue weighted by molar-refractivity contribution is -0.147. The van der Waals surface area contributed by atoms with E-state index in [2.05, 4.69) is 19.9 Å². The quantitative estimate of drug-likeness (QED) is 0.617. The minimum Gasteiger partial charge on any atom is -0.467 e. The second-order valence-electron chi connectivity index (χ2n) is 7.34. The summed E-state index contributed by atoms with van der Waals surface area (Å²) in [5.74, 6) is -0.0240. The van der Waals surface area contributed by atoms with E-state index >= 15 is 0 Å². The molecule has 0 saturated heterocycles. The van der Waals surface area contributed by atoms with Crippen LogP contribution in [0, 0.1) is 23.1 Å². The summed E-state index contributed by atoms with van der Waals surface area (Å²) in [5.41, 5.74) is 2.27. The standard InChI is InChI=1S/C19H23FO4/c1-11(2)5-15-16(19(15,3)4)18(21)23-9-13-7-14(20)6-12-8-22-10-24-17(12)13/h5-7,15-16H,8-10H2,1-4H3/t15-,16+/m0/s1. The first-order chi connectivity index (χ1) is 11.3. The van der Waals surface area contributed by atoms with Crippen LogP contribution in [0.1, 0.15) is 38.8 Å². The molecule has 5 heteroatoms. The van der Waals surface area contributed by atoms with E-state index in [0.717, 1.165) is 0 Å². The highest BCUT2D eigenvalue weighted by atomic mass is 19.1. The molecule has 1 fully saturated rings. The summed E-state index contributed by atoms with van der Waals surface area (Å²) < 4.78 is 29.8. The molecule has 0 bridgehead atoms. The van der Waals surface area contributed by atoms with Gasteiger partial charge in [0.2, 0.25) is 0 Å². The van der Waals surface area contributed by atoms with Crippen molar-refractivity contribution in [2.24, 2.45) is 17.3 Å². The van der Waals surface area contributed by atoms with Crippen LogP contribution in [0.5, 0.6) is 5.75 Å². The first-order valence-corrected chi connectivity index (χ1v) is 8.14. The van der Waals surface area contributed by atoms with Gasteiger partial charge in [-0.05, 0) is 37.3 Å². The van der Waals surface area contributed by atoms with Crippen LogP contribution in [0.15, 0.2) is 23.8 Å². The molecule has 130 valence electrons. The van der Waals surface area contributed by atoms with Gasteiger partial charge in [0.15, 0.2) is 6.79 Å². The molecule has 1 heterocycles. The topological polar surface area (TPSA) is 44.8 Å². The zero-order valence-electron chi connectivity index (χ0n) is 14.5. The van der Waals surface area contributed by atoms with E-state index in [1.165, 1.54) is 17.7 Å². The Morgan fingerprint density at radius 1 is 1.42 bits per heavy atom. The number of hydrogen-bond acceptors (Lipinski definition) is 4. The second kappa shape index (κ2) is 6.20. The van der Waals surface area contributed by atoms with Crippen molar-refractivity contribution in [2.45, 2.75) is 40.9 Å². The smallest absolute Gasteiger partial charge is 0.310 e. The maximum atomic E-state index is 13.7. The van der Waals surface area contributed by atoms with Gasteiger partial charge in [0.25, 0.3) is 0 Å². The van der Waals surface area contributed by atoms with Crippen LogP contribution in [0.3, 0.4) is 0 Å². The maximum absolute atomic E-state index is 13.7. The van der Waals surface area contributed by atoms with Gasteiger partial charge in [-0.25, -0.2) is 4.39 Å². The summed E-state index contributed by atoms with van der Waals surface area (Å²) in [6.45, 7) is 8.60. The van der Waals surface area contributed by atoms with E-state index in [4.69, 9.17) is 14.2 Å². The maximum Gasteiger partial charge on any atom is 0.310 e. The number of halogens is 1. The average Bonchev–Trinajstić information content (AvgIpc) is 3.04.